The molecule has 0 saturated carbocycles. The molecule has 0 aromatic heterocycles. The lowest BCUT2D eigenvalue weighted by Crippen LogP contribution is -2.45. The van der Waals surface area contributed by atoms with Gasteiger partial charge in [-0.1, -0.05) is 24.3 Å². The Bertz CT molecular complexity index is 766. The van der Waals surface area contributed by atoms with Gasteiger partial charge in [0.05, 0.1) is 23.2 Å². The molecule has 4 nitrogen and oxygen atoms in total. The molecule has 2 aliphatic rings. The molecule has 3 rings (SSSR count). The second kappa shape index (κ2) is 6.52. The predicted molar refractivity (Wildman–Crippen MR) is 97.2 cm³/mol. The van der Waals surface area contributed by atoms with E-state index >= 15 is 0 Å². The van der Waals surface area contributed by atoms with E-state index in [1.807, 2.05) is 26.8 Å². The van der Waals surface area contributed by atoms with Gasteiger partial charge in [-0.25, -0.2) is 0 Å². The van der Waals surface area contributed by atoms with Crippen LogP contribution >= 0.6 is 0 Å². The highest BCUT2D eigenvalue weighted by molar-refractivity contribution is 6.03. The minimum atomic E-state index is -0.226. The van der Waals surface area contributed by atoms with Crippen LogP contribution in [0.1, 0.15) is 39.2 Å². The van der Waals surface area contributed by atoms with E-state index < -0.39 is 0 Å². The van der Waals surface area contributed by atoms with Gasteiger partial charge in [-0.2, -0.15) is 0 Å². The summed E-state index contributed by atoms with van der Waals surface area (Å²) in [6, 6.07) is 6.63. The van der Waals surface area contributed by atoms with Crippen molar-refractivity contribution in [2.75, 3.05) is 0 Å². The van der Waals surface area contributed by atoms with Gasteiger partial charge in [0.1, 0.15) is 11.5 Å². The van der Waals surface area contributed by atoms with Gasteiger partial charge >= 0.3 is 0 Å². The number of hydrogen-bond acceptors (Lipinski definition) is 4. The van der Waals surface area contributed by atoms with Crippen LogP contribution in [-0.2, 0) is 9.53 Å². The number of Topliss-reactive ketones (excluding diaryl/α,β-unsaturated/α-hetero) is 1. The van der Waals surface area contributed by atoms with Crippen LogP contribution in [-0.4, -0.2) is 27.7 Å². The van der Waals surface area contributed by atoms with Crippen molar-refractivity contribution in [3.63, 3.8) is 0 Å². The number of hydrogen-bond donors (Lipinski definition) is 2. The summed E-state index contributed by atoms with van der Waals surface area (Å²) in [4.78, 5) is 12.9. The number of rotatable bonds is 2. The molecule has 1 aromatic carbocycles. The summed E-state index contributed by atoms with van der Waals surface area (Å²) in [5, 5.41) is 19.8. The van der Waals surface area contributed by atoms with Crippen molar-refractivity contribution in [2.24, 2.45) is 5.92 Å². The first-order chi connectivity index (χ1) is 11.8. The largest absolute Gasteiger partial charge is 0.508 e. The molecule has 1 aliphatic carbocycles. The van der Waals surface area contributed by atoms with Crippen LogP contribution in [0.2, 0.25) is 0 Å². The lowest BCUT2D eigenvalue weighted by Gasteiger charge is -2.41. The van der Waals surface area contributed by atoms with Crippen LogP contribution in [0.25, 0.3) is 6.08 Å². The molecule has 1 fully saturated rings. The minimum Gasteiger partial charge on any atom is -0.508 e. The lowest BCUT2D eigenvalue weighted by atomic mass is 9.76. The Morgan fingerprint density at radius 2 is 1.96 bits per heavy atom. The van der Waals surface area contributed by atoms with Gasteiger partial charge in [-0.05, 0) is 63.0 Å². The highest BCUT2D eigenvalue weighted by atomic mass is 16.5. The number of ether oxygens (including phenoxy) is 1. The van der Waals surface area contributed by atoms with E-state index in [4.69, 9.17) is 4.74 Å². The maximum absolute atomic E-state index is 12.9. The van der Waals surface area contributed by atoms with Crippen LogP contribution in [0.3, 0.4) is 0 Å². The summed E-state index contributed by atoms with van der Waals surface area (Å²) in [6.45, 7) is 5.92. The normalized spacial score (nSPS) is 27.8. The molecule has 2 unspecified atom stereocenters. The predicted octanol–water partition coefficient (Wildman–Crippen LogP) is 4.32. The van der Waals surface area contributed by atoms with Gasteiger partial charge in [0.25, 0.3) is 0 Å². The fourth-order valence-corrected chi connectivity index (χ4v) is 3.49. The van der Waals surface area contributed by atoms with Gasteiger partial charge in [0.2, 0.25) is 0 Å². The first kappa shape index (κ1) is 17.5. The number of aliphatic hydroxyl groups is 1. The summed E-state index contributed by atoms with van der Waals surface area (Å²) in [5.74, 6) is -0.119. The summed E-state index contributed by atoms with van der Waals surface area (Å²) in [5.41, 5.74) is 1.73. The highest BCUT2D eigenvalue weighted by Crippen LogP contribution is 2.39. The Morgan fingerprint density at radius 3 is 2.64 bits per heavy atom. The van der Waals surface area contributed by atoms with Crippen molar-refractivity contribution >= 4 is 11.9 Å². The monoisotopic (exact) mass is 340 g/mol. The van der Waals surface area contributed by atoms with E-state index in [0.717, 1.165) is 24.0 Å². The van der Waals surface area contributed by atoms with E-state index in [-0.39, 0.29) is 34.9 Å². The van der Waals surface area contributed by atoms with Crippen LogP contribution in [0, 0.1) is 5.92 Å². The zero-order chi connectivity index (χ0) is 18.2. The van der Waals surface area contributed by atoms with Gasteiger partial charge < -0.3 is 14.9 Å². The van der Waals surface area contributed by atoms with E-state index in [1.54, 1.807) is 30.3 Å². The van der Waals surface area contributed by atoms with Crippen LogP contribution in [0.5, 0.6) is 5.75 Å². The topological polar surface area (TPSA) is 66.8 Å². The first-order valence-electron chi connectivity index (χ1n) is 8.58. The molecule has 2 atom stereocenters. The van der Waals surface area contributed by atoms with E-state index in [0.29, 0.717) is 5.57 Å². The quantitative estimate of drug-likeness (QED) is 0.621. The van der Waals surface area contributed by atoms with Crippen LogP contribution in [0.4, 0.5) is 0 Å². The number of allylic oxidation sites excluding steroid dienone is 3. The molecule has 4 heteroatoms. The SMILES string of the molecule is CC1=CC2OC(C)(C)CCC2C(=O)C1=C(O)/C=C/c1ccc(O)cc1. The molecule has 0 radical (unpaired) electrons. The second-order valence-electron chi connectivity index (χ2n) is 7.39. The van der Waals surface area contributed by atoms with Gasteiger partial charge in [0.15, 0.2) is 5.78 Å². The Hall–Kier alpha value is -2.33. The molecule has 132 valence electrons. The molecular formula is C21H24O4. The number of benzene rings is 1. The van der Waals surface area contributed by atoms with Crippen molar-refractivity contribution in [3.8, 4) is 5.75 Å². The smallest absolute Gasteiger partial charge is 0.172 e. The molecule has 1 aliphatic heterocycles. The highest BCUT2D eigenvalue weighted by Gasteiger charge is 2.42. The average Bonchev–Trinajstić information content (AvgIpc) is 2.53. The summed E-state index contributed by atoms with van der Waals surface area (Å²) < 4.78 is 6.04. The second-order valence-corrected chi connectivity index (χ2v) is 7.39. The number of fused-ring (bicyclic) bond motifs is 1. The maximum atomic E-state index is 12.9. The fourth-order valence-electron chi connectivity index (χ4n) is 3.49. The van der Waals surface area contributed by atoms with Crippen molar-refractivity contribution in [2.45, 2.75) is 45.3 Å². The number of phenolic OH excluding ortho intramolecular Hbond substituents is 1. The summed E-state index contributed by atoms with van der Waals surface area (Å²) >= 11 is 0. The molecule has 1 heterocycles. The molecule has 1 saturated heterocycles. The maximum Gasteiger partial charge on any atom is 0.172 e. The lowest BCUT2D eigenvalue weighted by molar-refractivity contribution is -0.142. The van der Waals surface area contributed by atoms with Crippen LogP contribution in [0.15, 0.2) is 53.3 Å². The van der Waals surface area contributed by atoms with Gasteiger partial charge in [0, 0.05) is 0 Å². The number of phenols is 1. The van der Waals surface area contributed by atoms with Crippen molar-refractivity contribution in [1.29, 1.82) is 0 Å². The molecular weight excluding hydrogens is 316 g/mol. The third-order valence-electron chi connectivity index (χ3n) is 4.88. The Labute approximate surface area is 148 Å². The minimum absolute atomic E-state index is 0.0323. The number of carbonyl (C=O) groups is 1. The fraction of sp³-hybridized carbons (Fsp3) is 0.381. The summed E-state index contributed by atoms with van der Waals surface area (Å²) in [6.07, 6.45) is 6.57. The molecule has 0 amide bonds. The molecule has 2 N–H and O–H groups in total. The van der Waals surface area contributed by atoms with Crippen molar-refractivity contribution in [1.82, 2.24) is 0 Å². The summed E-state index contributed by atoms with van der Waals surface area (Å²) in [7, 11) is 0. The third kappa shape index (κ3) is 3.69. The van der Waals surface area contributed by atoms with E-state index in [2.05, 4.69) is 0 Å². The number of carbonyl (C=O) groups excluding carboxylic acids is 1. The average molecular weight is 340 g/mol. The Kier molecular flexibility index (Phi) is 4.56. The van der Waals surface area contributed by atoms with E-state index in [1.165, 1.54) is 6.08 Å². The zero-order valence-corrected chi connectivity index (χ0v) is 14.8. The molecule has 0 spiro atoms. The molecule has 25 heavy (non-hydrogen) atoms. The zero-order valence-electron chi connectivity index (χ0n) is 14.8. The third-order valence-corrected chi connectivity index (χ3v) is 4.88. The van der Waals surface area contributed by atoms with Crippen LogP contribution < -0.4 is 0 Å². The van der Waals surface area contributed by atoms with Gasteiger partial charge in [-0.3, -0.25) is 4.79 Å². The Morgan fingerprint density at radius 1 is 1.28 bits per heavy atom. The number of ketones is 1. The van der Waals surface area contributed by atoms with Crippen molar-refractivity contribution in [3.05, 3.63) is 58.9 Å². The Balaban J connectivity index is 1.89. The molecule has 0 bridgehead atoms. The first-order valence-corrected chi connectivity index (χ1v) is 8.58. The van der Waals surface area contributed by atoms with Gasteiger partial charge in [-0.15, -0.1) is 0 Å². The van der Waals surface area contributed by atoms with Crippen molar-refractivity contribution < 1.29 is 19.7 Å². The standard InChI is InChI=1S/C21H24O4/c1-13-12-18-16(10-11-21(2,3)25-18)20(24)19(13)17(23)9-6-14-4-7-15(22)8-5-14/h4-9,12,16,18,22-23H,10-11H2,1-3H3/b9-6+,19-17?. The number of aliphatic hydroxyl groups excluding tert-OH is 1. The number of aromatic hydroxyl groups is 1. The molecule has 1 aromatic rings. The van der Waals surface area contributed by atoms with E-state index in [9.17, 15) is 15.0 Å².